The van der Waals surface area contributed by atoms with E-state index < -0.39 is 0 Å². The molecule has 2 aliphatic rings. The van der Waals surface area contributed by atoms with Crippen molar-refractivity contribution in [3.8, 4) is 16.9 Å². The van der Waals surface area contributed by atoms with Gasteiger partial charge in [0.15, 0.2) is 5.65 Å². The second kappa shape index (κ2) is 18.3. The van der Waals surface area contributed by atoms with Crippen molar-refractivity contribution in [2.75, 3.05) is 38.7 Å². The summed E-state index contributed by atoms with van der Waals surface area (Å²) in [6, 6.07) is 22.7. The van der Waals surface area contributed by atoms with Gasteiger partial charge in [0.25, 0.3) is 11.8 Å². The van der Waals surface area contributed by atoms with Crippen molar-refractivity contribution in [1.82, 2.24) is 35.6 Å². The Morgan fingerprint density at radius 1 is 0.877 bits per heavy atom. The summed E-state index contributed by atoms with van der Waals surface area (Å²) in [5.41, 5.74) is 8.75. The Hall–Kier alpha value is -5.30. The van der Waals surface area contributed by atoms with Gasteiger partial charge in [-0.1, -0.05) is 31.2 Å². The molecule has 12 nitrogen and oxygen atoms in total. The van der Waals surface area contributed by atoms with E-state index in [9.17, 15) is 9.59 Å². The summed E-state index contributed by atoms with van der Waals surface area (Å²) in [4.78, 5) is 34.7. The van der Waals surface area contributed by atoms with E-state index in [1.165, 1.54) is 5.56 Å². The highest BCUT2D eigenvalue weighted by atomic mass is 16.5. The van der Waals surface area contributed by atoms with E-state index in [4.69, 9.17) is 14.5 Å². The number of methoxy groups -OCH3 is 1. The Morgan fingerprint density at radius 2 is 1.58 bits per heavy atom. The Balaban J connectivity index is 1.03. The molecular formula is C45H56N8O4. The molecule has 0 aliphatic carbocycles. The first kappa shape index (κ1) is 39.9. The molecule has 3 aromatic carbocycles. The number of carbonyl (C=O) groups is 2. The van der Waals surface area contributed by atoms with Crippen molar-refractivity contribution in [2.24, 2.45) is 0 Å². The number of benzene rings is 3. The van der Waals surface area contributed by atoms with Crippen molar-refractivity contribution in [2.45, 2.75) is 91.3 Å². The Morgan fingerprint density at radius 3 is 2.28 bits per heavy atom. The molecule has 2 aliphatic heterocycles. The number of nitrogens with one attached hydrogen (secondary N) is 4. The molecule has 12 heteroatoms. The van der Waals surface area contributed by atoms with Gasteiger partial charge in [0.1, 0.15) is 5.75 Å². The van der Waals surface area contributed by atoms with Crippen molar-refractivity contribution in [1.29, 1.82) is 0 Å². The molecule has 300 valence electrons. The van der Waals surface area contributed by atoms with E-state index >= 15 is 0 Å². The van der Waals surface area contributed by atoms with E-state index in [0.29, 0.717) is 55.9 Å². The molecular weight excluding hydrogens is 717 g/mol. The maximum Gasteiger partial charge on any atom is 0.251 e. The zero-order valence-corrected chi connectivity index (χ0v) is 33.9. The summed E-state index contributed by atoms with van der Waals surface area (Å²) in [6.07, 6.45) is 4.36. The van der Waals surface area contributed by atoms with Crippen molar-refractivity contribution < 1.29 is 19.1 Å². The monoisotopic (exact) mass is 772 g/mol. The second-order valence-electron chi connectivity index (χ2n) is 15.4. The van der Waals surface area contributed by atoms with Gasteiger partial charge >= 0.3 is 0 Å². The van der Waals surface area contributed by atoms with Gasteiger partial charge in [-0.25, -0.2) is 9.67 Å². The zero-order chi connectivity index (χ0) is 39.9. The van der Waals surface area contributed by atoms with Gasteiger partial charge in [-0.15, -0.1) is 0 Å². The predicted molar refractivity (Wildman–Crippen MR) is 225 cm³/mol. The first-order valence-electron chi connectivity index (χ1n) is 20.3. The summed E-state index contributed by atoms with van der Waals surface area (Å²) in [5, 5.41) is 19.1. The van der Waals surface area contributed by atoms with Crippen LogP contribution in [0.5, 0.6) is 5.75 Å². The molecule has 2 aromatic heterocycles. The molecule has 57 heavy (non-hydrogen) atoms. The van der Waals surface area contributed by atoms with E-state index in [1.807, 2.05) is 23.0 Å². The van der Waals surface area contributed by atoms with Crippen LogP contribution in [0.2, 0.25) is 0 Å². The highest BCUT2D eigenvalue weighted by Crippen LogP contribution is 2.32. The normalized spacial score (nSPS) is 17.7. The highest BCUT2D eigenvalue weighted by Gasteiger charge is 2.23. The molecule has 2 saturated heterocycles. The topological polar surface area (TPSA) is 135 Å². The SMILES string of the molecule is CCc1nc2c(cnn2CC)c(NC2CCOCC2)c1CNC(=O)c1cccc(C(=O)NCc2cc(OC)cc(-c3cccc(CN4CC(C)N[C@H](C)C4)c3)c2)c1. The van der Waals surface area contributed by atoms with Gasteiger partial charge in [-0.05, 0) is 105 Å². The lowest BCUT2D eigenvalue weighted by molar-refractivity contribution is 0.0904. The molecule has 0 bridgehead atoms. The van der Waals surface area contributed by atoms with Crippen LogP contribution >= 0.6 is 0 Å². The van der Waals surface area contributed by atoms with Gasteiger partial charge in [-0.3, -0.25) is 14.5 Å². The molecule has 0 spiro atoms. The first-order chi connectivity index (χ1) is 27.7. The third-order valence-electron chi connectivity index (χ3n) is 10.9. The number of amides is 2. The number of rotatable bonds is 14. The number of nitrogens with zero attached hydrogens (tertiary/aromatic N) is 4. The highest BCUT2D eigenvalue weighted by molar-refractivity contribution is 6.00. The maximum atomic E-state index is 13.7. The number of anilines is 1. The van der Waals surface area contributed by atoms with Crippen LogP contribution in [0.15, 0.2) is 72.9 Å². The fourth-order valence-electron chi connectivity index (χ4n) is 8.18. The lowest BCUT2D eigenvalue weighted by Gasteiger charge is -2.36. The van der Waals surface area contributed by atoms with Crippen LogP contribution in [0.3, 0.4) is 0 Å². The molecule has 7 rings (SSSR count). The second-order valence-corrected chi connectivity index (χ2v) is 15.4. The van der Waals surface area contributed by atoms with Crippen LogP contribution in [-0.2, 0) is 37.3 Å². The zero-order valence-electron chi connectivity index (χ0n) is 33.9. The van der Waals surface area contributed by atoms with Gasteiger partial charge in [0.05, 0.1) is 24.4 Å². The van der Waals surface area contributed by atoms with Crippen LogP contribution in [0.25, 0.3) is 22.2 Å². The van der Waals surface area contributed by atoms with E-state index in [1.54, 1.807) is 31.4 Å². The molecule has 1 unspecified atom stereocenters. The van der Waals surface area contributed by atoms with Crippen LogP contribution in [0, 0.1) is 0 Å². The number of piperazine rings is 1. The molecule has 2 amide bonds. The quantitative estimate of drug-likeness (QED) is 0.102. The number of hydrogen-bond acceptors (Lipinski definition) is 9. The number of aryl methyl sites for hydroxylation is 2. The molecule has 4 heterocycles. The number of hydrogen-bond donors (Lipinski definition) is 4. The van der Waals surface area contributed by atoms with E-state index in [2.05, 4.69) is 89.3 Å². The van der Waals surface area contributed by atoms with Crippen LogP contribution < -0.4 is 26.0 Å². The van der Waals surface area contributed by atoms with Crippen LogP contribution in [0.1, 0.15) is 83.6 Å². The fourth-order valence-corrected chi connectivity index (χ4v) is 8.18. The van der Waals surface area contributed by atoms with Gasteiger partial charge in [-0.2, -0.15) is 5.10 Å². The summed E-state index contributed by atoms with van der Waals surface area (Å²) >= 11 is 0. The Kier molecular flexibility index (Phi) is 12.8. The maximum absolute atomic E-state index is 13.7. The summed E-state index contributed by atoms with van der Waals surface area (Å²) < 4.78 is 13.2. The minimum atomic E-state index is -0.270. The van der Waals surface area contributed by atoms with Crippen molar-refractivity contribution in [3.63, 3.8) is 0 Å². The summed E-state index contributed by atoms with van der Waals surface area (Å²) in [7, 11) is 1.66. The smallest absolute Gasteiger partial charge is 0.251 e. The third-order valence-corrected chi connectivity index (χ3v) is 10.9. The predicted octanol–water partition coefficient (Wildman–Crippen LogP) is 6.32. The van der Waals surface area contributed by atoms with E-state index in [0.717, 1.165) is 82.9 Å². The first-order valence-corrected chi connectivity index (χ1v) is 20.3. The minimum Gasteiger partial charge on any atom is -0.497 e. The molecule has 4 N–H and O–H groups in total. The summed E-state index contributed by atoms with van der Waals surface area (Å²) in [6.45, 7) is 14.2. The molecule has 2 fully saturated rings. The number of aromatic nitrogens is 3. The molecule has 0 saturated carbocycles. The fraction of sp³-hybridized carbons (Fsp3) is 0.422. The standard InChI is InChI=1S/C45H56N8O4/c1-6-41-39(42(50-37-14-16-57-17-15-37)40-25-48-53(7-2)43(40)51-41)24-47-45(55)35-13-9-12-34(21-35)44(54)46-23-32-19-36(22-38(20-32)56-5)33-11-8-10-31(18-33)28-52-26-29(3)49-30(4)27-52/h8-13,18-22,25,29-30,37,49H,6-7,14-17,23-24,26-28H2,1-5H3,(H,46,54)(H,47,55)(H,50,51)/t29-,30?/m1/s1. The Labute approximate surface area is 335 Å². The summed E-state index contributed by atoms with van der Waals surface area (Å²) in [5.74, 6) is 0.180. The van der Waals surface area contributed by atoms with Crippen LogP contribution in [0.4, 0.5) is 5.69 Å². The lowest BCUT2D eigenvalue weighted by atomic mass is 10.00. The Bertz CT molecular complexity index is 2190. The van der Waals surface area contributed by atoms with Gasteiger partial charge in [0, 0.05) is 93.0 Å². The van der Waals surface area contributed by atoms with Crippen molar-refractivity contribution in [3.05, 3.63) is 106 Å². The number of pyridine rings is 1. The molecule has 0 radical (unpaired) electrons. The van der Waals surface area contributed by atoms with Crippen LogP contribution in [-0.4, -0.2) is 83.0 Å². The van der Waals surface area contributed by atoms with Gasteiger partial charge in [0.2, 0.25) is 0 Å². The number of fused-ring (bicyclic) bond motifs is 1. The number of carbonyl (C=O) groups excluding carboxylic acids is 2. The number of ether oxygens (including phenoxy) is 2. The average Bonchev–Trinajstić information content (AvgIpc) is 3.65. The lowest BCUT2D eigenvalue weighted by Crippen LogP contribution is -2.53. The largest absolute Gasteiger partial charge is 0.497 e. The van der Waals surface area contributed by atoms with Gasteiger partial charge < -0.3 is 30.7 Å². The molecule has 5 aromatic rings. The third kappa shape index (κ3) is 9.64. The van der Waals surface area contributed by atoms with Crippen molar-refractivity contribution >= 4 is 28.5 Å². The average molecular weight is 773 g/mol. The van der Waals surface area contributed by atoms with E-state index in [-0.39, 0.29) is 24.4 Å². The minimum absolute atomic E-state index is 0.249. The molecule has 2 atom stereocenters.